The first-order valence-corrected chi connectivity index (χ1v) is 15.5. The Morgan fingerprint density at radius 3 is 2.12 bits per heavy atom. The first-order chi connectivity index (χ1) is 19.0. The van der Waals surface area contributed by atoms with E-state index in [1.54, 1.807) is 47.8 Å². The van der Waals surface area contributed by atoms with Gasteiger partial charge in [0.15, 0.2) is 0 Å². The van der Waals surface area contributed by atoms with Crippen molar-refractivity contribution < 1.29 is 17.5 Å². The standard InChI is InChI=1S/C30H42FN5O3S/c1-7-29-28(21-35(20-22(2)3)40(37,38)27-14-12-26(39-6)13-15-27)30(34-18-16-33(17-19-34)23(4)5)36(32-29)25-10-8-24(31)9-11-25/h8-15,22-23H,7,16-21H2,1-6H3. The SMILES string of the molecule is CCc1nn(-c2ccc(F)cc2)c(N2CCN(C(C)C)CC2)c1CN(CC(C)C)S(=O)(=O)c1ccc(OC)cc1. The van der Waals surface area contributed by atoms with E-state index in [1.807, 2.05) is 25.5 Å². The molecule has 0 saturated carbocycles. The van der Waals surface area contributed by atoms with Crippen LogP contribution in [-0.2, 0) is 23.0 Å². The number of piperazine rings is 1. The first kappa shape index (κ1) is 30.0. The summed E-state index contributed by atoms with van der Waals surface area (Å²) in [6, 6.07) is 13.3. The highest BCUT2D eigenvalue weighted by atomic mass is 32.2. The highest BCUT2D eigenvalue weighted by Gasteiger charge is 2.32. The van der Waals surface area contributed by atoms with Crippen LogP contribution in [0.4, 0.5) is 10.2 Å². The first-order valence-electron chi connectivity index (χ1n) is 14.0. The highest BCUT2D eigenvalue weighted by molar-refractivity contribution is 7.89. The minimum Gasteiger partial charge on any atom is -0.497 e. The summed E-state index contributed by atoms with van der Waals surface area (Å²) in [6.07, 6.45) is 0.639. The number of anilines is 1. The van der Waals surface area contributed by atoms with Gasteiger partial charge in [0.1, 0.15) is 17.4 Å². The summed E-state index contributed by atoms with van der Waals surface area (Å²) in [5.74, 6) is 1.28. The number of aryl methyl sites for hydroxylation is 1. The largest absolute Gasteiger partial charge is 0.497 e. The van der Waals surface area contributed by atoms with Crippen LogP contribution in [0.5, 0.6) is 5.75 Å². The van der Waals surface area contributed by atoms with Gasteiger partial charge in [0.2, 0.25) is 10.0 Å². The van der Waals surface area contributed by atoms with E-state index in [0.717, 1.165) is 48.9 Å². The van der Waals surface area contributed by atoms with Crippen LogP contribution in [0.2, 0.25) is 0 Å². The monoisotopic (exact) mass is 571 g/mol. The Morgan fingerprint density at radius 1 is 0.975 bits per heavy atom. The maximum absolute atomic E-state index is 14.0. The minimum atomic E-state index is -3.81. The molecule has 3 aromatic rings. The topological polar surface area (TPSA) is 70.9 Å². The molecule has 2 heterocycles. The third-order valence-electron chi connectivity index (χ3n) is 7.39. The molecule has 0 N–H and O–H groups in total. The highest BCUT2D eigenvalue weighted by Crippen LogP contribution is 2.33. The van der Waals surface area contributed by atoms with Gasteiger partial charge in [-0.25, -0.2) is 17.5 Å². The molecule has 2 aromatic carbocycles. The number of halogens is 1. The van der Waals surface area contributed by atoms with Crippen LogP contribution >= 0.6 is 0 Å². The molecule has 1 saturated heterocycles. The zero-order valence-corrected chi connectivity index (χ0v) is 25.3. The Morgan fingerprint density at radius 2 is 1.60 bits per heavy atom. The van der Waals surface area contributed by atoms with Crippen molar-refractivity contribution in [3.63, 3.8) is 0 Å². The molecule has 1 aliphatic rings. The smallest absolute Gasteiger partial charge is 0.243 e. The summed E-state index contributed by atoms with van der Waals surface area (Å²) < 4.78 is 50.5. The van der Waals surface area contributed by atoms with Gasteiger partial charge in [-0.3, -0.25) is 4.90 Å². The van der Waals surface area contributed by atoms with Crippen molar-refractivity contribution in [2.45, 2.75) is 58.5 Å². The summed E-state index contributed by atoms with van der Waals surface area (Å²) in [6.45, 7) is 14.4. The summed E-state index contributed by atoms with van der Waals surface area (Å²) in [4.78, 5) is 4.97. The van der Waals surface area contributed by atoms with Crippen LogP contribution in [-0.4, -0.2) is 73.3 Å². The molecule has 0 unspecified atom stereocenters. The van der Waals surface area contributed by atoms with Crippen molar-refractivity contribution in [3.8, 4) is 11.4 Å². The van der Waals surface area contributed by atoms with Crippen molar-refractivity contribution in [3.05, 3.63) is 65.6 Å². The lowest BCUT2D eigenvalue weighted by atomic mass is 10.1. The molecular weight excluding hydrogens is 529 g/mol. The van der Waals surface area contributed by atoms with E-state index >= 15 is 0 Å². The van der Waals surface area contributed by atoms with Crippen molar-refractivity contribution in [1.29, 1.82) is 0 Å². The van der Waals surface area contributed by atoms with Crippen molar-refractivity contribution in [2.24, 2.45) is 5.92 Å². The maximum Gasteiger partial charge on any atom is 0.243 e. The molecule has 0 bridgehead atoms. The molecule has 0 spiro atoms. The Hall–Kier alpha value is -2.95. The van der Waals surface area contributed by atoms with Crippen LogP contribution in [0, 0.1) is 11.7 Å². The van der Waals surface area contributed by atoms with Crippen LogP contribution in [0.15, 0.2) is 53.4 Å². The Kier molecular flexibility index (Phi) is 9.53. The van der Waals surface area contributed by atoms with E-state index in [0.29, 0.717) is 24.8 Å². The molecule has 1 fully saturated rings. The predicted molar refractivity (Wildman–Crippen MR) is 157 cm³/mol. The fraction of sp³-hybridized carbons (Fsp3) is 0.500. The van der Waals surface area contributed by atoms with Gasteiger partial charge in [-0.2, -0.15) is 9.40 Å². The second kappa shape index (κ2) is 12.7. The lowest BCUT2D eigenvalue weighted by molar-refractivity contribution is 0.208. The van der Waals surface area contributed by atoms with Gasteiger partial charge < -0.3 is 9.64 Å². The molecule has 0 amide bonds. The van der Waals surface area contributed by atoms with Gasteiger partial charge in [-0.15, -0.1) is 0 Å². The zero-order valence-electron chi connectivity index (χ0n) is 24.5. The Bertz CT molecular complexity index is 1360. The molecule has 40 heavy (non-hydrogen) atoms. The average molecular weight is 572 g/mol. The van der Waals surface area contributed by atoms with Gasteiger partial charge >= 0.3 is 0 Å². The number of nitrogens with zero attached hydrogens (tertiary/aromatic N) is 5. The lowest BCUT2D eigenvalue weighted by Crippen LogP contribution is -2.49. The Balaban J connectivity index is 1.81. The number of benzene rings is 2. The quantitative estimate of drug-likeness (QED) is 0.324. The third-order valence-corrected chi connectivity index (χ3v) is 9.22. The molecule has 4 rings (SSSR count). The summed E-state index contributed by atoms with van der Waals surface area (Å²) in [5, 5.41) is 4.97. The molecular formula is C30H42FN5O3S. The van der Waals surface area contributed by atoms with Crippen molar-refractivity contribution >= 4 is 15.8 Å². The van der Waals surface area contributed by atoms with Gasteiger partial charge in [0.05, 0.1) is 23.4 Å². The summed E-state index contributed by atoms with van der Waals surface area (Å²) >= 11 is 0. The molecule has 0 aliphatic carbocycles. The number of methoxy groups -OCH3 is 1. The summed E-state index contributed by atoms with van der Waals surface area (Å²) in [5.41, 5.74) is 2.48. The number of aromatic nitrogens is 2. The average Bonchev–Trinajstić information content (AvgIpc) is 3.31. The Labute approximate surface area is 238 Å². The fourth-order valence-corrected chi connectivity index (χ4v) is 6.77. The number of ether oxygens (including phenoxy) is 1. The normalized spacial score (nSPS) is 15.0. The predicted octanol–water partition coefficient (Wildman–Crippen LogP) is 4.96. The molecule has 10 heteroatoms. The van der Waals surface area contributed by atoms with E-state index in [4.69, 9.17) is 9.84 Å². The molecule has 0 radical (unpaired) electrons. The molecule has 218 valence electrons. The molecule has 1 aliphatic heterocycles. The van der Waals surface area contributed by atoms with Crippen LogP contribution < -0.4 is 9.64 Å². The number of hydrogen-bond acceptors (Lipinski definition) is 6. The van der Waals surface area contributed by atoms with E-state index in [2.05, 4.69) is 23.6 Å². The van der Waals surface area contributed by atoms with Gasteiger partial charge in [0.25, 0.3) is 0 Å². The van der Waals surface area contributed by atoms with Crippen LogP contribution in [0.25, 0.3) is 5.69 Å². The summed E-state index contributed by atoms with van der Waals surface area (Å²) in [7, 11) is -2.25. The number of sulfonamides is 1. The molecule has 0 atom stereocenters. The van der Waals surface area contributed by atoms with Gasteiger partial charge in [-0.1, -0.05) is 20.8 Å². The zero-order chi connectivity index (χ0) is 29.0. The minimum absolute atomic E-state index is 0.114. The second-order valence-corrected chi connectivity index (χ2v) is 12.9. The van der Waals surface area contributed by atoms with Gasteiger partial charge in [-0.05, 0) is 74.7 Å². The van der Waals surface area contributed by atoms with Gasteiger partial charge in [0, 0.05) is 50.9 Å². The lowest BCUT2D eigenvalue weighted by Gasteiger charge is -2.38. The van der Waals surface area contributed by atoms with E-state index in [1.165, 1.54) is 12.1 Å². The van der Waals surface area contributed by atoms with E-state index in [9.17, 15) is 12.8 Å². The van der Waals surface area contributed by atoms with E-state index < -0.39 is 10.0 Å². The molecule has 1 aromatic heterocycles. The second-order valence-electron chi connectivity index (χ2n) is 11.0. The fourth-order valence-electron chi connectivity index (χ4n) is 5.20. The third kappa shape index (κ3) is 6.50. The van der Waals surface area contributed by atoms with Crippen LogP contribution in [0.1, 0.15) is 45.9 Å². The van der Waals surface area contributed by atoms with Crippen LogP contribution in [0.3, 0.4) is 0 Å². The van der Waals surface area contributed by atoms with E-state index in [-0.39, 0.29) is 23.2 Å². The maximum atomic E-state index is 14.0. The van der Waals surface area contributed by atoms with Crippen molar-refractivity contribution in [2.75, 3.05) is 44.7 Å². The number of hydrogen-bond donors (Lipinski definition) is 0. The molecule has 8 nitrogen and oxygen atoms in total. The van der Waals surface area contributed by atoms with Crippen molar-refractivity contribution in [1.82, 2.24) is 19.0 Å². The number of rotatable bonds is 11.